The van der Waals surface area contributed by atoms with Crippen LogP contribution in [-0.4, -0.2) is 26.5 Å². The standard InChI is InChI=1S/C19H17FN4O2S/c1-13-2-7-18-14(10-13)11-15(12-21)19(24-18)22-8-9-23-27(25,26)17-5-3-16(20)4-6-17/h2-7,10-11,23H,8-9H2,1H3,(H,22,24). The van der Waals surface area contributed by atoms with Gasteiger partial charge in [0.15, 0.2) is 0 Å². The number of pyridine rings is 1. The lowest BCUT2D eigenvalue weighted by Gasteiger charge is -2.10. The number of halogens is 1. The van der Waals surface area contributed by atoms with Crippen molar-refractivity contribution >= 4 is 26.7 Å². The molecule has 8 heteroatoms. The fourth-order valence-corrected chi connectivity index (χ4v) is 3.61. The van der Waals surface area contributed by atoms with Crippen LogP contribution in [0.4, 0.5) is 10.2 Å². The summed E-state index contributed by atoms with van der Waals surface area (Å²) >= 11 is 0. The van der Waals surface area contributed by atoms with E-state index < -0.39 is 15.8 Å². The molecule has 0 aliphatic carbocycles. The lowest BCUT2D eigenvalue weighted by molar-refractivity contribution is 0.582. The topological polar surface area (TPSA) is 94.9 Å². The van der Waals surface area contributed by atoms with Gasteiger partial charge in [0.25, 0.3) is 0 Å². The predicted molar refractivity (Wildman–Crippen MR) is 101 cm³/mol. The van der Waals surface area contributed by atoms with Crippen molar-refractivity contribution in [1.82, 2.24) is 9.71 Å². The summed E-state index contributed by atoms with van der Waals surface area (Å²) < 4.78 is 39.6. The number of anilines is 1. The Morgan fingerprint density at radius 3 is 2.56 bits per heavy atom. The number of nitrogens with zero attached hydrogens (tertiary/aromatic N) is 2. The molecule has 0 atom stereocenters. The van der Waals surface area contributed by atoms with Crippen LogP contribution in [0.5, 0.6) is 0 Å². The highest BCUT2D eigenvalue weighted by Crippen LogP contribution is 2.21. The van der Waals surface area contributed by atoms with Gasteiger partial charge in [-0.3, -0.25) is 0 Å². The van der Waals surface area contributed by atoms with Gasteiger partial charge in [0, 0.05) is 18.5 Å². The number of hydrogen-bond donors (Lipinski definition) is 2. The van der Waals surface area contributed by atoms with Crippen LogP contribution in [-0.2, 0) is 10.0 Å². The molecule has 0 fully saturated rings. The van der Waals surface area contributed by atoms with Crippen molar-refractivity contribution in [3.8, 4) is 6.07 Å². The van der Waals surface area contributed by atoms with Crippen molar-refractivity contribution in [3.05, 3.63) is 65.5 Å². The summed E-state index contributed by atoms with van der Waals surface area (Å²) in [6, 6.07) is 14.2. The Kier molecular flexibility index (Phi) is 5.35. The number of aryl methyl sites for hydroxylation is 1. The second-order valence-corrected chi connectivity index (χ2v) is 7.74. The zero-order chi connectivity index (χ0) is 19.4. The minimum atomic E-state index is -3.73. The maximum absolute atomic E-state index is 12.9. The average Bonchev–Trinajstić information content (AvgIpc) is 2.65. The van der Waals surface area contributed by atoms with Crippen molar-refractivity contribution in [2.45, 2.75) is 11.8 Å². The molecule has 0 aliphatic rings. The summed E-state index contributed by atoms with van der Waals surface area (Å²) in [5.41, 5.74) is 2.20. The predicted octanol–water partition coefficient (Wildman–Crippen LogP) is 2.94. The molecule has 0 bridgehead atoms. The number of aromatic nitrogens is 1. The van der Waals surface area contributed by atoms with Crippen LogP contribution >= 0.6 is 0 Å². The van der Waals surface area contributed by atoms with Crippen molar-refractivity contribution in [3.63, 3.8) is 0 Å². The van der Waals surface area contributed by atoms with E-state index in [1.807, 2.05) is 25.1 Å². The third-order valence-corrected chi connectivity index (χ3v) is 5.40. The molecular formula is C19H17FN4O2S. The van der Waals surface area contributed by atoms with E-state index in [9.17, 15) is 18.1 Å². The molecular weight excluding hydrogens is 367 g/mol. The molecule has 1 heterocycles. The van der Waals surface area contributed by atoms with Gasteiger partial charge in [-0.15, -0.1) is 0 Å². The van der Waals surface area contributed by atoms with E-state index in [0.29, 0.717) is 11.4 Å². The first-order chi connectivity index (χ1) is 12.9. The van der Waals surface area contributed by atoms with Gasteiger partial charge >= 0.3 is 0 Å². The number of hydrogen-bond acceptors (Lipinski definition) is 5. The molecule has 0 saturated carbocycles. The van der Waals surface area contributed by atoms with Gasteiger partial charge in [0.2, 0.25) is 10.0 Å². The molecule has 27 heavy (non-hydrogen) atoms. The van der Waals surface area contributed by atoms with E-state index >= 15 is 0 Å². The highest BCUT2D eigenvalue weighted by atomic mass is 32.2. The molecule has 0 unspecified atom stereocenters. The fourth-order valence-electron chi connectivity index (χ4n) is 2.58. The van der Waals surface area contributed by atoms with Crippen LogP contribution in [0.15, 0.2) is 53.4 Å². The number of benzene rings is 2. The molecule has 6 nitrogen and oxygen atoms in total. The Balaban J connectivity index is 1.67. The monoisotopic (exact) mass is 384 g/mol. The van der Waals surface area contributed by atoms with Crippen LogP contribution in [0.25, 0.3) is 10.9 Å². The number of rotatable bonds is 6. The van der Waals surface area contributed by atoms with Gasteiger partial charge in [-0.2, -0.15) is 5.26 Å². The summed E-state index contributed by atoms with van der Waals surface area (Å²) in [6.45, 7) is 2.28. The third-order valence-electron chi connectivity index (χ3n) is 3.92. The van der Waals surface area contributed by atoms with Crippen LogP contribution < -0.4 is 10.0 Å². The normalized spacial score (nSPS) is 11.3. The van der Waals surface area contributed by atoms with E-state index in [0.717, 1.165) is 28.6 Å². The second-order valence-electron chi connectivity index (χ2n) is 5.97. The van der Waals surface area contributed by atoms with Gasteiger partial charge in [-0.25, -0.2) is 22.5 Å². The van der Waals surface area contributed by atoms with E-state index in [1.165, 1.54) is 12.1 Å². The number of nitriles is 1. The first-order valence-electron chi connectivity index (χ1n) is 8.20. The first kappa shape index (κ1) is 18.8. The van der Waals surface area contributed by atoms with Gasteiger partial charge < -0.3 is 5.32 Å². The molecule has 1 aromatic heterocycles. The third kappa shape index (κ3) is 4.39. The summed E-state index contributed by atoms with van der Waals surface area (Å²) in [5, 5.41) is 13.2. The van der Waals surface area contributed by atoms with Crippen molar-refractivity contribution in [2.75, 3.05) is 18.4 Å². The van der Waals surface area contributed by atoms with E-state index in [1.54, 1.807) is 6.07 Å². The molecule has 138 valence electrons. The Hall–Kier alpha value is -3.02. The highest BCUT2D eigenvalue weighted by Gasteiger charge is 2.13. The fraction of sp³-hybridized carbons (Fsp3) is 0.158. The highest BCUT2D eigenvalue weighted by molar-refractivity contribution is 7.89. The lowest BCUT2D eigenvalue weighted by atomic mass is 10.1. The Morgan fingerprint density at radius 1 is 1.11 bits per heavy atom. The molecule has 0 spiro atoms. The lowest BCUT2D eigenvalue weighted by Crippen LogP contribution is -2.29. The molecule has 0 amide bonds. The molecule has 3 rings (SSSR count). The largest absolute Gasteiger partial charge is 0.368 e. The summed E-state index contributed by atoms with van der Waals surface area (Å²) in [5.74, 6) is -0.105. The van der Waals surface area contributed by atoms with Crippen LogP contribution in [0.1, 0.15) is 11.1 Å². The quantitative estimate of drug-likeness (QED) is 0.637. The summed E-state index contributed by atoms with van der Waals surface area (Å²) in [7, 11) is -3.73. The van der Waals surface area contributed by atoms with Crippen LogP contribution in [0.3, 0.4) is 0 Å². The number of nitrogens with one attached hydrogen (secondary N) is 2. The summed E-state index contributed by atoms with van der Waals surface area (Å²) in [4.78, 5) is 4.42. The number of sulfonamides is 1. The molecule has 2 N–H and O–H groups in total. The zero-order valence-electron chi connectivity index (χ0n) is 14.5. The Labute approximate surface area is 156 Å². The molecule has 2 aromatic carbocycles. The first-order valence-corrected chi connectivity index (χ1v) is 9.68. The van der Waals surface area contributed by atoms with E-state index in [2.05, 4.69) is 21.1 Å². The van der Waals surface area contributed by atoms with Gasteiger partial charge in [-0.05, 0) is 49.4 Å². The maximum atomic E-state index is 12.9. The zero-order valence-corrected chi connectivity index (χ0v) is 15.3. The van der Waals surface area contributed by atoms with Crippen molar-refractivity contribution < 1.29 is 12.8 Å². The smallest absolute Gasteiger partial charge is 0.240 e. The van der Waals surface area contributed by atoms with Gasteiger partial charge in [-0.1, -0.05) is 11.6 Å². The molecule has 0 radical (unpaired) electrons. The number of fused-ring (bicyclic) bond motifs is 1. The Morgan fingerprint density at radius 2 is 1.85 bits per heavy atom. The average molecular weight is 384 g/mol. The van der Waals surface area contributed by atoms with Crippen LogP contribution in [0, 0.1) is 24.1 Å². The SMILES string of the molecule is Cc1ccc2nc(NCCNS(=O)(=O)c3ccc(F)cc3)c(C#N)cc2c1. The van der Waals surface area contributed by atoms with E-state index in [-0.39, 0.29) is 18.0 Å². The van der Waals surface area contributed by atoms with Gasteiger partial charge in [0.1, 0.15) is 17.7 Å². The maximum Gasteiger partial charge on any atom is 0.240 e. The molecule has 0 saturated heterocycles. The van der Waals surface area contributed by atoms with Crippen molar-refractivity contribution in [1.29, 1.82) is 5.26 Å². The second kappa shape index (κ2) is 7.70. The van der Waals surface area contributed by atoms with E-state index in [4.69, 9.17) is 0 Å². The Bertz CT molecular complexity index is 1120. The van der Waals surface area contributed by atoms with Crippen LogP contribution in [0.2, 0.25) is 0 Å². The minimum Gasteiger partial charge on any atom is -0.368 e. The van der Waals surface area contributed by atoms with Gasteiger partial charge in [0.05, 0.1) is 16.0 Å². The molecule has 0 aliphatic heterocycles. The molecule has 3 aromatic rings. The minimum absolute atomic E-state index is 0.0131. The van der Waals surface area contributed by atoms with Crippen molar-refractivity contribution in [2.24, 2.45) is 0 Å². The summed E-state index contributed by atoms with van der Waals surface area (Å²) in [6.07, 6.45) is 0.